The lowest BCUT2D eigenvalue weighted by molar-refractivity contribution is -0.151. The van der Waals surface area contributed by atoms with E-state index in [4.69, 9.17) is 0 Å². The van der Waals surface area contributed by atoms with Crippen molar-refractivity contribution in [2.24, 2.45) is 0 Å². The average molecular weight is 326 g/mol. The molecule has 0 amide bonds. The van der Waals surface area contributed by atoms with Gasteiger partial charge in [0.05, 0.1) is 0 Å². The molecule has 2 atom stereocenters. The third-order valence-corrected chi connectivity index (χ3v) is 4.81. The van der Waals surface area contributed by atoms with E-state index in [9.17, 15) is 9.90 Å². The Morgan fingerprint density at radius 1 is 1.58 bits per heavy atom. The maximum absolute atomic E-state index is 11.7. The van der Waals surface area contributed by atoms with E-state index in [0.717, 1.165) is 29.4 Å². The lowest BCUT2D eigenvalue weighted by Crippen LogP contribution is -2.50. The maximum atomic E-state index is 11.7. The minimum Gasteiger partial charge on any atom is -0.480 e. The third kappa shape index (κ3) is 2.56. The second-order valence-corrected chi connectivity index (χ2v) is 6.13. The quantitative estimate of drug-likeness (QED) is 0.914. The van der Waals surface area contributed by atoms with Gasteiger partial charge in [-0.1, -0.05) is 35.0 Å². The zero-order valence-corrected chi connectivity index (χ0v) is 13.0. The summed E-state index contributed by atoms with van der Waals surface area (Å²) in [6.45, 7) is 4.92. The number of hydrogen-bond acceptors (Lipinski definition) is 2. The highest BCUT2D eigenvalue weighted by molar-refractivity contribution is 9.10. The first-order valence-corrected chi connectivity index (χ1v) is 7.56. The van der Waals surface area contributed by atoms with Crippen LogP contribution in [-0.4, -0.2) is 28.1 Å². The van der Waals surface area contributed by atoms with Crippen molar-refractivity contribution in [1.29, 1.82) is 0 Å². The molecule has 0 spiro atoms. The van der Waals surface area contributed by atoms with Crippen molar-refractivity contribution >= 4 is 21.9 Å². The van der Waals surface area contributed by atoms with Gasteiger partial charge in [0, 0.05) is 10.5 Å². The SMILES string of the molecule is CCC1(C(=O)O)CCCN1C(C)c1cccc(Br)c1. The highest BCUT2D eigenvalue weighted by Crippen LogP contribution is 2.39. The summed E-state index contributed by atoms with van der Waals surface area (Å²) >= 11 is 3.48. The summed E-state index contributed by atoms with van der Waals surface area (Å²) in [6.07, 6.45) is 2.36. The van der Waals surface area contributed by atoms with E-state index in [0.29, 0.717) is 6.42 Å². The summed E-state index contributed by atoms with van der Waals surface area (Å²) < 4.78 is 1.04. The van der Waals surface area contributed by atoms with Crippen LogP contribution in [0, 0.1) is 0 Å². The van der Waals surface area contributed by atoms with Crippen LogP contribution in [0.25, 0.3) is 0 Å². The van der Waals surface area contributed by atoms with Gasteiger partial charge in [0.2, 0.25) is 0 Å². The number of halogens is 1. The van der Waals surface area contributed by atoms with E-state index >= 15 is 0 Å². The Kier molecular flexibility index (Phi) is 4.31. The molecule has 0 saturated carbocycles. The molecule has 1 aromatic rings. The molecule has 2 unspecified atom stereocenters. The van der Waals surface area contributed by atoms with E-state index in [1.165, 1.54) is 0 Å². The Morgan fingerprint density at radius 2 is 2.32 bits per heavy atom. The van der Waals surface area contributed by atoms with Crippen LogP contribution < -0.4 is 0 Å². The van der Waals surface area contributed by atoms with E-state index in [1.54, 1.807) is 0 Å². The van der Waals surface area contributed by atoms with Gasteiger partial charge in [-0.2, -0.15) is 0 Å². The molecular formula is C15H20BrNO2. The van der Waals surface area contributed by atoms with E-state index in [-0.39, 0.29) is 6.04 Å². The molecule has 0 bridgehead atoms. The summed E-state index contributed by atoms with van der Waals surface area (Å²) in [5.74, 6) is -0.686. The van der Waals surface area contributed by atoms with Crippen molar-refractivity contribution in [3.8, 4) is 0 Å². The molecule has 1 N–H and O–H groups in total. The van der Waals surface area contributed by atoms with Gasteiger partial charge >= 0.3 is 5.97 Å². The number of benzene rings is 1. The van der Waals surface area contributed by atoms with Gasteiger partial charge in [0.15, 0.2) is 0 Å². The Labute approximate surface area is 122 Å². The molecule has 1 aromatic carbocycles. The van der Waals surface area contributed by atoms with Gasteiger partial charge in [-0.25, -0.2) is 0 Å². The number of likely N-dealkylation sites (tertiary alicyclic amines) is 1. The molecule has 3 nitrogen and oxygen atoms in total. The summed E-state index contributed by atoms with van der Waals surface area (Å²) in [6, 6.07) is 8.25. The first-order chi connectivity index (χ1) is 9.01. The van der Waals surface area contributed by atoms with Crippen molar-refractivity contribution in [2.75, 3.05) is 6.54 Å². The Morgan fingerprint density at radius 3 is 2.89 bits per heavy atom. The van der Waals surface area contributed by atoms with Crippen molar-refractivity contribution in [3.05, 3.63) is 34.3 Å². The van der Waals surface area contributed by atoms with Gasteiger partial charge in [0.1, 0.15) is 5.54 Å². The smallest absolute Gasteiger partial charge is 0.324 e. The van der Waals surface area contributed by atoms with Crippen molar-refractivity contribution in [1.82, 2.24) is 4.90 Å². The number of carboxylic acid groups (broad SMARTS) is 1. The highest BCUT2D eigenvalue weighted by atomic mass is 79.9. The molecule has 0 aromatic heterocycles. The highest BCUT2D eigenvalue weighted by Gasteiger charge is 2.48. The number of rotatable bonds is 4. The zero-order chi connectivity index (χ0) is 14.0. The Bertz CT molecular complexity index is 477. The van der Waals surface area contributed by atoms with Gasteiger partial charge in [-0.3, -0.25) is 9.69 Å². The Balaban J connectivity index is 2.32. The zero-order valence-electron chi connectivity index (χ0n) is 11.4. The first-order valence-electron chi connectivity index (χ1n) is 6.77. The van der Waals surface area contributed by atoms with Crippen molar-refractivity contribution in [2.45, 2.75) is 44.7 Å². The van der Waals surface area contributed by atoms with Crippen LogP contribution in [-0.2, 0) is 4.79 Å². The standard InChI is InChI=1S/C15H20BrNO2/c1-3-15(14(18)19)8-5-9-17(15)11(2)12-6-4-7-13(16)10-12/h4,6-7,10-11H,3,5,8-9H2,1-2H3,(H,18,19). The number of carbonyl (C=O) groups is 1. The number of hydrogen-bond donors (Lipinski definition) is 1. The van der Waals surface area contributed by atoms with E-state index < -0.39 is 11.5 Å². The molecule has 4 heteroatoms. The second kappa shape index (κ2) is 5.63. The minimum absolute atomic E-state index is 0.121. The molecule has 1 saturated heterocycles. The topological polar surface area (TPSA) is 40.5 Å². The normalized spacial score (nSPS) is 25.4. The van der Waals surface area contributed by atoms with Crippen molar-refractivity contribution in [3.63, 3.8) is 0 Å². The predicted molar refractivity (Wildman–Crippen MR) is 79.2 cm³/mol. The second-order valence-electron chi connectivity index (χ2n) is 5.22. The first kappa shape index (κ1) is 14.5. The summed E-state index contributed by atoms with van der Waals surface area (Å²) in [5.41, 5.74) is 0.470. The van der Waals surface area contributed by atoms with Gasteiger partial charge in [-0.15, -0.1) is 0 Å². The van der Waals surface area contributed by atoms with Gasteiger partial charge in [-0.05, 0) is 50.4 Å². The summed E-state index contributed by atoms with van der Waals surface area (Å²) in [5, 5.41) is 9.63. The van der Waals surface area contributed by atoms with E-state index in [1.807, 2.05) is 19.1 Å². The van der Waals surface area contributed by atoms with Crippen LogP contribution >= 0.6 is 15.9 Å². The fourth-order valence-electron chi connectivity index (χ4n) is 3.17. The fourth-order valence-corrected chi connectivity index (χ4v) is 3.59. The molecule has 2 rings (SSSR count). The monoisotopic (exact) mass is 325 g/mol. The van der Waals surface area contributed by atoms with Crippen LogP contribution in [0.15, 0.2) is 28.7 Å². The largest absolute Gasteiger partial charge is 0.480 e. The fraction of sp³-hybridized carbons (Fsp3) is 0.533. The van der Waals surface area contributed by atoms with Crippen LogP contribution in [0.5, 0.6) is 0 Å². The van der Waals surface area contributed by atoms with Crippen molar-refractivity contribution < 1.29 is 9.90 Å². The van der Waals surface area contributed by atoms with Crippen LogP contribution in [0.3, 0.4) is 0 Å². The Hall–Kier alpha value is -0.870. The molecule has 1 heterocycles. The molecule has 0 radical (unpaired) electrons. The average Bonchev–Trinajstić information content (AvgIpc) is 2.82. The van der Waals surface area contributed by atoms with Gasteiger partial charge in [0.25, 0.3) is 0 Å². The number of carboxylic acids is 1. The van der Waals surface area contributed by atoms with Crippen LogP contribution in [0.4, 0.5) is 0 Å². The molecule has 104 valence electrons. The minimum atomic E-state index is -0.693. The summed E-state index contributed by atoms with van der Waals surface area (Å²) in [4.78, 5) is 13.9. The number of aliphatic carboxylic acids is 1. The molecule has 19 heavy (non-hydrogen) atoms. The molecule has 1 fully saturated rings. The number of nitrogens with zero attached hydrogens (tertiary/aromatic N) is 1. The summed E-state index contributed by atoms with van der Waals surface area (Å²) in [7, 11) is 0. The predicted octanol–water partition coefficient (Wildman–Crippen LogP) is 3.84. The lowest BCUT2D eigenvalue weighted by atomic mass is 9.91. The molecule has 1 aliphatic rings. The van der Waals surface area contributed by atoms with Crippen LogP contribution in [0.2, 0.25) is 0 Å². The van der Waals surface area contributed by atoms with E-state index in [2.05, 4.69) is 39.9 Å². The molecule has 0 aliphatic carbocycles. The third-order valence-electron chi connectivity index (χ3n) is 4.32. The molecule has 1 aliphatic heterocycles. The maximum Gasteiger partial charge on any atom is 0.324 e. The van der Waals surface area contributed by atoms with Gasteiger partial charge < -0.3 is 5.11 Å². The molecular weight excluding hydrogens is 306 g/mol. The lowest BCUT2D eigenvalue weighted by Gasteiger charge is -2.38. The van der Waals surface area contributed by atoms with Crippen LogP contribution in [0.1, 0.15) is 44.7 Å².